The number of nitrogens with zero attached hydrogens (tertiary/aromatic N) is 3. The number of H-pyrrole nitrogens is 1. The van der Waals surface area contributed by atoms with Gasteiger partial charge in [-0.2, -0.15) is 18.3 Å². The number of carboxylic acid groups (broad SMARTS) is 1. The summed E-state index contributed by atoms with van der Waals surface area (Å²) >= 11 is 0. The highest BCUT2D eigenvalue weighted by molar-refractivity contribution is 6.11. The molecule has 1 spiro atoms. The molecule has 2 N–H and O–H groups in total. The zero-order valence-corrected chi connectivity index (χ0v) is 24.6. The number of alkyl halides is 3. The normalized spacial score (nSPS) is 19.1. The predicted molar refractivity (Wildman–Crippen MR) is 162 cm³/mol. The highest BCUT2D eigenvalue weighted by Gasteiger charge is 2.67. The number of nitrogens with one attached hydrogen (secondary N) is 1. The molecule has 0 radical (unpaired) electrons. The molecule has 2 aliphatic rings. The van der Waals surface area contributed by atoms with E-state index in [2.05, 4.69) is 95.9 Å². The van der Waals surface area contributed by atoms with Gasteiger partial charge in [0, 0.05) is 37.2 Å². The lowest BCUT2D eigenvalue weighted by Crippen LogP contribution is -2.35. The largest absolute Gasteiger partial charge is 0.490 e. The molecule has 1 aliphatic carbocycles. The van der Waals surface area contributed by atoms with Crippen molar-refractivity contribution in [3.05, 3.63) is 94.7 Å². The van der Waals surface area contributed by atoms with Crippen molar-refractivity contribution in [3.63, 3.8) is 0 Å². The van der Waals surface area contributed by atoms with Gasteiger partial charge in [0.25, 0.3) is 0 Å². The number of methoxy groups -OCH3 is 1. The van der Waals surface area contributed by atoms with E-state index < -0.39 is 17.6 Å². The van der Waals surface area contributed by atoms with E-state index in [1.165, 1.54) is 11.1 Å². The molecule has 3 aromatic carbocycles. The molecule has 8 nitrogen and oxygen atoms in total. The predicted octanol–water partition coefficient (Wildman–Crippen LogP) is 5.85. The Balaban J connectivity index is 0.000000493. The third-order valence-corrected chi connectivity index (χ3v) is 7.96. The number of carbonyl (C=O) groups is 2. The molecular weight excluding hydrogens is 573 g/mol. The molecule has 1 amide bonds. The van der Waals surface area contributed by atoms with Crippen LogP contribution in [-0.4, -0.2) is 72.6 Å². The van der Waals surface area contributed by atoms with Crippen molar-refractivity contribution in [2.45, 2.75) is 30.5 Å². The first-order valence-electron chi connectivity index (χ1n) is 14.1. The Kier molecular flexibility index (Phi) is 8.62. The summed E-state index contributed by atoms with van der Waals surface area (Å²) in [6.45, 7) is 2.03. The van der Waals surface area contributed by atoms with Gasteiger partial charge in [0.2, 0.25) is 5.91 Å². The smallest absolute Gasteiger partial charge is 0.475 e. The van der Waals surface area contributed by atoms with Crippen LogP contribution in [-0.2, 0) is 26.3 Å². The molecule has 44 heavy (non-hydrogen) atoms. The molecule has 2 atom stereocenters. The molecule has 4 aromatic rings. The van der Waals surface area contributed by atoms with E-state index in [0.717, 1.165) is 46.4 Å². The lowest BCUT2D eigenvalue weighted by Gasteiger charge is -2.17. The fraction of sp³-hybridized carbons (Fsp3) is 0.303. The highest BCUT2D eigenvalue weighted by Crippen LogP contribution is 2.66. The van der Waals surface area contributed by atoms with Gasteiger partial charge in [0.15, 0.2) is 0 Å². The Morgan fingerprint density at radius 1 is 1.14 bits per heavy atom. The van der Waals surface area contributed by atoms with E-state index >= 15 is 0 Å². The van der Waals surface area contributed by atoms with Crippen LogP contribution in [0, 0.1) is 0 Å². The summed E-state index contributed by atoms with van der Waals surface area (Å²) in [7, 11) is 5.83. The van der Waals surface area contributed by atoms with E-state index in [0.29, 0.717) is 13.2 Å². The molecule has 11 heteroatoms. The van der Waals surface area contributed by atoms with Crippen molar-refractivity contribution in [3.8, 4) is 0 Å². The fourth-order valence-electron chi connectivity index (χ4n) is 5.83. The van der Waals surface area contributed by atoms with Crippen LogP contribution >= 0.6 is 0 Å². The summed E-state index contributed by atoms with van der Waals surface area (Å²) < 4.78 is 37.0. The van der Waals surface area contributed by atoms with Crippen LogP contribution in [0.3, 0.4) is 0 Å². The Morgan fingerprint density at radius 3 is 2.50 bits per heavy atom. The molecule has 0 saturated heterocycles. The molecule has 2 heterocycles. The number of para-hydroxylation sites is 1. The van der Waals surface area contributed by atoms with Gasteiger partial charge in [0.1, 0.15) is 0 Å². The number of ether oxygens (including phenoxy) is 1. The quantitative estimate of drug-likeness (QED) is 0.261. The number of fused-ring (bicyclic) bond motifs is 3. The number of anilines is 1. The number of hydrogen-bond acceptors (Lipinski definition) is 5. The lowest BCUT2D eigenvalue weighted by molar-refractivity contribution is -0.192. The second-order valence-electron chi connectivity index (χ2n) is 11.2. The van der Waals surface area contributed by atoms with Gasteiger partial charge in [-0.1, -0.05) is 60.7 Å². The van der Waals surface area contributed by atoms with E-state index in [9.17, 15) is 18.0 Å². The first-order chi connectivity index (χ1) is 21.0. The highest BCUT2D eigenvalue weighted by atomic mass is 19.4. The maximum atomic E-state index is 13.6. The number of carboxylic acids is 1. The molecule has 0 unspecified atom stereocenters. The molecular formula is C33H33F3N4O4. The van der Waals surface area contributed by atoms with Crippen LogP contribution in [0.5, 0.6) is 0 Å². The Hall–Kier alpha value is -4.48. The van der Waals surface area contributed by atoms with Crippen molar-refractivity contribution in [1.29, 1.82) is 0 Å². The van der Waals surface area contributed by atoms with Crippen LogP contribution in [0.2, 0.25) is 0 Å². The van der Waals surface area contributed by atoms with Crippen LogP contribution in [0.1, 0.15) is 40.3 Å². The van der Waals surface area contributed by atoms with Crippen LogP contribution in [0.25, 0.3) is 23.1 Å². The third-order valence-electron chi connectivity index (χ3n) is 7.96. The number of aliphatic carboxylic acids is 1. The molecule has 230 valence electrons. The summed E-state index contributed by atoms with van der Waals surface area (Å²) in [6, 6.07) is 23.3. The molecule has 1 fully saturated rings. The molecule has 1 aromatic heterocycles. The van der Waals surface area contributed by atoms with Gasteiger partial charge >= 0.3 is 12.1 Å². The van der Waals surface area contributed by atoms with Gasteiger partial charge in [-0.05, 0) is 61.0 Å². The van der Waals surface area contributed by atoms with Gasteiger partial charge in [0.05, 0.1) is 23.2 Å². The monoisotopic (exact) mass is 606 g/mol. The Bertz CT molecular complexity index is 1700. The first kappa shape index (κ1) is 31.0. The van der Waals surface area contributed by atoms with E-state index in [1.54, 1.807) is 7.11 Å². The van der Waals surface area contributed by atoms with Crippen molar-refractivity contribution < 1.29 is 32.6 Å². The number of aromatic nitrogens is 2. The number of halogens is 3. The fourth-order valence-corrected chi connectivity index (χ4v) is 5.83. The number of carbonyl (C=O) groups excluding carboxylic acids is 1. The SMILES string of the molecule is COCCN1C(=O)[C@@]2(C[C@H]2c2ccc3c(C=Cc4ccc(CN(C)C)cc4)n[nH]c3c2)c2ccccc21.O=C(O)C(F)(F)F. The third kappa shape index (κ3) is 6.11. The second-order valence-corrected chi connectivity index (χ2v) is 11.2. The lowest BCUT2D eigenvalue weighted by atomic mass is 9.92. The minimum absolute atomic E-state index is 0.168. The average Bonchev–Trinajstić information content (AvgIpc) is 3.55. The van der Waals surface area contributed by atoms with Crippen LogP contribution in [0.4, 0.5) is 18.9 Å². The van der Waals surface area contributed by atoms with E-state index in [4.69, 9.17) is 14.6 Å². The molecule has 0 bridgehead atoms. The van der Waals surface area contributed by atoms with Crippen molar-refractivity contribution >= 4 is 40.6 Å². The topological polar surface area (TPSA) is 98.8 Å². The number of benzene rings is 3. The zero-order valence-electron chi connectivity index (χ0n) is 24.6. The average molecular weight is 607 g/mol. The van der Waals surface area contributed by atoms with Crippen LogP contribution < -0.4 is 4.90 Å². The summed E-state index contributed by atoms with van der Waals surface area (Å²) in [6.07, 6.45) is -0.0907. The summed E-state index contributed by atoms with van der Waals surface area (Å²) in [5.41, 5.74) is 7.24. The number of amides is 1. The zero-order chi connectivity index (χ0) is 31.6. The minimum Gasteiger partial charge on any atom is -0.475 e. The van der Waals surface area contributed by atoms with E-state index in [-0.39, 0.29) is 11.8 Å². The second kappa shape index (κ2) is 12.3. The summed E-state index contributed by atoms with van der Waals surface area (Å²) in [5.74, 6) is -2.39. The van der Waals surface area contributed by atoms with Gasteiger partial charge in [-0.25, -0.2) is 4.79 Å². The molecule has 1 saturated carbocycles. The summed E-state index contributed by atoms with van der Waals surface area (Å²) in [5, 5.41) is 16.0. The number of aromatic amines is 1. The maximum absolute atomic E-state index is 13.6. The Morgan fingerprint density at radius 2 is 1.84 bits per heavy atom. The van der Waals surface area contributed by atoms with Crippen LogP contribution in [0.15, 0.2) is 66.7 Å². The molecule has 6 rings (SSSR count). The Labute approximate surface area is 252 Å². The maximum Gasteiger partial charge on any atom is 0.490 e. The standard InChI is InChI=1S/C31H32N4O2.C2HF3O2/c1-34(2)20-22-10-8-21(9-11-22)12-15-27-24-14-13-23(18-28(24)33-32-27)26-19-31(26)25-6-4-5-7-29(25)35(30(31)36)16-17-37-3;3-2(4,5)1(6)7/h4-15,18,26H,16-17,19-20H2,1-3H3,(H,32,33);(H,6,7)/t26-,31-;/m0./s1. The minimum atomic E-state index is -5.08. The van der Waals surface area contributed by atoms with Crippen molar-refractivity contribution in [1.82, 2.24) is 15.1 Å². The molecule has 1 aliphatic heterocycles. The number of rotatable bonds is 8. The van der Waals surface area contributed by atoms with Gasteiger partial charge in [-0.15, -0.1) is 0 Å². The van der Waals surface area contributed by atoms with E-state index in [1.807, 2.05) is 17.0 Å². The van der Waals surface area contributed by atoms with Crippen molar-refractivity contribution in [2.24, 2.45) is 0 Å². The number of hydrogen-bond donors (Lipinski definition) is 2. The first-order valence-corrected chi connectivity index (χ1v) is 14.1. The summed E-state index contributed by atoms with van der Waals surface area (Å²) in [4.78, 5) is 26.6. The van der Waals surface area contributed by atoms with Crippen molar-refractivity contribution in [2.75, 3.05) is 39.3 Å². The van der Waals surface area contributed by atoms with Gasteiger partial charge in [-0.3, -0.25) is 9.89 Å². The van der Waals surface area contributed by atoms with Gasteiger partial charge < -0.3 is 19.6 Å².